The molecule has 1 aliphatic carbocycles. The van der Waals surface area contributed by atoms with Gasteiger partial charge in [-0.3, -0.25) is 0 Å². The van der Waals surface area contributed by atoms with Crippen LogP contribution in [0.5, 0.6) is 0 Å². The van der Waals surface area contributed by atoms with Crippen molar-refractivity contribution in [2.45, 2.75) is 33.6 Å². The molecule has 0 aliphatic heterocycles. The van der Waals surface area contributed by atoms with E-state index in [1.54, 1.807) is 4.68 Å². The van der Waals surface area contributed by atoms with Crippen molar-refractivity contribution in [1.29, 1.82) is 0 Å². The normalized spacial score (nSPS) is 16.2. The quantitative estimate of drug-likeness (QED) is 0.843. The second-order valence-electron chi connectivity index (χ2n) is 5.76. The molecule has 0 bridgehead atoms. The first-order valence-corrected chi connectivity index (χ1v) is 7.19. The Morgan fingerprint density at radius 1 is 0.952 bits per heavy atom. The summed E-state index contributed by atoms with van der Waals surface area (Å²) in [7, 11) is 1.88. The number of aromatic nitrogens is 4. The van der Waals surface area contributed by atoms with Crippen LogP contribution in [-0.4, -0.2) is 20.2 Å². The van der Waals surface area contributed by atoms with Gasteiger partial charge in [-0.2, -0.15) is 0 Å². The van der Waals surface area contributed by atoms with Crippen molar-refractivity contribution in [2.75, 3.05) is 0 Å². The molecule has 4 nitrogen and oxygen atoms in total. The van der Waals surface area contributed by atoms with E-state index >= 15 is 0 Å². The molecule has 2 aromatic rings. The lowest BCUT2D eigenvalue weighted by Crippen LogP contribution is -2.04. The predicted molar refractivity (Wildman–Crippen MR) is 83.7 cm³/mol. The lowest BCUT2D eigenvalue weighted by atomic mass is 9.86. The molecule has 4 heteroatoms. The predicted octanol–water partition coefficient (Wildman–Crippen LogP) is 3.65. The van der Waals surface area contributed by atoms with Crippen LogP contribution in [0.3, 0.4) is 0 Å². The molecular formula is C17H20N4. The second kappa shape index (κ2) is 4.95. The van der Waals surface area contributed by atoms with Crippen LogP contribution in [0, 0.1) is 0 Å². The average molecular weight is 280 g/mol. The first kappa shape index (κ1) is 13.7. The summed E-state index contributed by atoms with van der Waals surface area (Å²) >= 11 is 0. The van der Waals surface area contributed by atoms with Gasteiger partial charge in [0.1, 0.15) is 0 Å². The Morgan fingerprint density at radius 3 is 2.14 bits per heavy atom. The molecule has 0 atom stereocenters. The Kier molecular flexibility index (Phi) is 3.24. The summed E-state index contributed by atoms with van der Waals surface area (Å²) in [5, 5.41) is 11.9. The summed E-state index contributed by atoms with van der Waals surface area (Å²) in [6, 6.07) is 8.42. The maximum atomic E-state index is 4.18. The molecule has 3 rings (SSSR count). The van der Waals surface area contributed by atoms with Crippen molar-refractivity contribution >= 4 is 0 Å². The smallest absolute Gasteiger partial charge is 0.182 e. The number of benzene rings is 1. The third-order valence-electron chi connectivity index (χ3n) is 4.74. The molecular weight excluding hydrogens is 260 g/mol. The lowest BCUT2D eigenvalue weighted by Gasteiger charge is -2.19. The highest BCUT2D eigenvalue weighted by Crippen LogP contribution is 2.45. The highest BCUT2D eigenvalue weighted by atomic mass is 15.5. The van der Waals surface area contributed by atoms with E-state index in [1.165, 1.54) is 27.9 Å². The van der Waals surface area contributed by atoms with Crippen molar-refractivity contribution < 1.29 is 0 Å². The standard InChI is InChI=1S/C17H20N4/c1-10-11(2)13(4)16(12(10)3)14-8-6-7-9-15(14)17-18-19-20-21(17)5/h6-9,16H,1-5H3. The number of allylic oxidation sites excluding steroid dienone is 4. The molecule has 0 saturated heterocycles. The van der Waals surface area contributed by atoms with Crippen LogP contribution in [0.15, 0.2) is 46.6 Å². The first-order valence-electron chi connectivity index (χ1n) is 7.19. The molecule has 0 N–H and O–H groups in total. The van der Waals surface area contributed by atoms with E-state index in [-0.39, 0.29) is 0 Å². The highest BCUT2D eigenvalue weighted by molar-refractivity contribution is 5.66. The van der Waals surface area contributed by atoms with Crippen LogP contribution in [0.2, 0.25) is 0 Å². The molecule has 0 fully saturated rings. The van der Waals surface area contributed by atoms with E-state index in [9.17, 15) is 0 Å². The minimum absolute atomic E-state index is 0.331. The minimum Gasteiger partial charge on any atom is -0.229 e. The van der Waals surface area contributed by atoms with Gasteiger partial charge in [-0.25, -0.2) is 4.68 Å². The third kappa shape index (κ3) is 2.02. The fraction of sp³-hybridized carbons (Fsp3) is 0.353. The van der Waals surface area contributed by atoms with Gasteiger partial charge in [0.05, 0.1) is 0 Å². The van der Waals surface area contributed by atoms with Crippen molar-refractivity contribution in [3.05, 3.63) is 52.1 Å². The highest BCUT2D eigenvalue weighted by Gasteiger charge is 2.28. The average Bonchev–Trinajstić information content (AvgIpc) is 2.98. The number of tetrazole rings is 1. The van der Waals surface area contributed by atoms with Crippen LogP contribution in [0.25, 0.3) is 11.4 Å². The summed E-state index contributed by atoms with van der Waals surface area (Å²) in [5.41, 5.74) is 8.05. The largest absolute Gasteiger partial charge is 0.229 e. The van der Waals surface area contributed by atoms with Crippen LogP contribution in [0.4, 0.5) is 0 Å². The number of nitrogens with zero attached hydrogens (tertiary/aromatic N) is 4. The zero-order valence-corrected chi connectivity index (χ0v) is 13.2. The maximum absolute atomic E-state index is 4.18. The summed E-state index contributed by atoms with van der Waals surface area (Å²) in [6.07, 6.45) is 0. The third-order valence-corrected chi connectivity index (χ3v) is 4.74. The molecule has 0 radical (unpaired) electrons. The van der Waals surface area contributed by atoms with Crippen molar-refractivity contribution in [3.8, 4) is 11.4 Å². The Bertz CT molecular complexity index is 741. The second-order valence-corrected chi connectivity index (χ2v) is 5.76. The summed E-state index contributed by atoms with van der Waals surface area (Å²) in [4.78, 5) is 0. The lowest BCUT2D eigenvalue weighted by molar-refractivity contribution is 0.714. The van der Waals surface area contributed by atoms with Crippen molar-refractivity contribution in [3.63, 3.8) is 0 Å². The Hall–Kier alpha value is -2.23. The van der Waals surface area contributed by atoms with Gasteiger partial charge in [0, 0.05) is 18.5 Å². The van der Waals surface area contributed by atoms with Gasteiger partial charge in [0.15, 0.2) is 5.82 Å². The SMILES string of the molecule is CC1=C(C)C(c2ccccc2-c2nnnn2C)C(C)=C1C. The molecule has 1 heterocycles. The zero-order chi connectivity index (χ0) is 15.1. The Labute approximate surface area is 125 Å². The van der Waals surface area contributed by atoms with Gasteiger partial charge >= 0.3 is 0 Å². The number of hydrogen-bond donors (Lipinski definition) is 0. The molecule has 1 aliphatic rings. The van der Waals surface area contributed by atoms with Crippen LogP contribution in [0.1, 0.15) is 39.2 Å². The zero-order valence-electron chi connectivity index (χ0n) is 13.2. The van der Waals surface area contributed by atoms with E-state index in [0.717, 1.165) is 11.4 Å². The number of aryl methyl sites for hydroxylation is 1. The van der Waals surface area contributed by atoms with Gasteiger partial charge in [0.25, 0.3) is 0 Å². The summed E-state index contributed by atoms with van der Waals surface area (Å²) in [5.74, 6) is 1.14. The van der Waals surface area contributed by atoms with Gasteiger partial charge in [-0.05, 0) is 54.8 Å². The number of hydrogen-bond acceptors (Lipinski definition) is 3. The van der Waals surface area contributed by atoms with E-state index in [2.05, 4.69) is 61.4 Å². The maximum Gasteiger partial charge on any atom is 0.182 e. The molecule has 1 aromatic carbocycles. The molecule has 0 unspecified atom stereocenters. The topological polar surface area (TPSA) is 43.6 Å². The minimum atomic E-state index is 0.331. The van der Waals surface area contributed by atoms with Gasteiger partial charge < -0.3 is 0 Å². The van der Waals surface area contributed by atoms with Crippen molar-refractivity contribution in [2.24, 2.45) is 7.05 Å². The van der Waals surface area contributed by atoms with Crippen molar-refractivity contribution in [1.82, 2.24) is 20.2 Å². The van der Waals surface area contributed by atoms with Crippen LogP contribution >= 0.6 is 0 Å². The molecule has 21 heavy (non-hydrogen) atoms. The van der Waals surface area contributed by atoms with Crippen LogP contribution in [-0.2, 0) is 7.05 Å². The fourth-order valence-corrected chi connectivity index (χ4v) is 3.23. The monoisotopic (exact) mass is 280 g/mol. The fourth-order valence-electron chi connectivity index (χ4n) is 3.23. The molecule has 1 aromatic heterocycles. The first-order chi connectivity index (χ1) is 10.0. The molecule has 0 amide bonds. The molecule has 0 spiro atoms. The summed E-state index contributed by atoms with van der Waals surface area (Å²) < 4.78 is 1.73. The Balaban J connectivity index is 2.20. The van der Waals surface area contributed by atoms with E-state index in [4.69, 9.17) is 0 Å². The van der Waals surface area contributed by atoms with Gasteiger partial charge in [0.2, 0.25) is 0 Å². The van der Waals surface area contributed by atoms with Crippen LogP contribution < -0.4 is 0 Å². The van der Waals surface area contributed by atoms with Gasteiger partial charge in [-0.15, -0.1) is 5.10 Å². The van der Waals surface area contributed by atoms with E-state index in [0.29, 0.717) is 5.92 Å². The molecule has 0 saturated carbocycles. The Morgan fingerprint density at radius 2 is 1.57 bits per heavy atom. The summed E-state index contributed by atoms with van der Waals surface area (Å²) in [6.45, 7) is 8.87. The number of rotatable bonds is 2. The van der Waals surface area contributed by atoms with E-state index < -0.39 is 0 Å². The van der Waals surface area contributed by atoms with E-state index in [1.807, 2.05) is 13.1 Å². The molecule has 108 valence electrons. The van der Waals surface area contributed by atoms with Gasteiger partial charge in [-0.1, -0.05) is 35.4 Å².